The van der Waals surface area contributed by atoms with Crippen molar-refractivity contribution in [3.63, 3.8) is 0 Å². The van der Waals surface area contributed by atoms with E-state index in [1.54, 1.807) is 16.7 Å². The van der Waals surface area contributed by atoms with Gasteiger partial charge in [0.1, 0.15) is 0 Å². The molecule has 0 saturated carbocycles. The first kappa shape index (κ1) is 24.6. The first-order valence-electron chi connectivity index (χ1n) is 9.20. The largest absolute Gasteiger partial charge is 0.147 e. The van der Waals surface area contributed by atoms with Crippen molar-refractivity contribution in [2.24, 2.45) is 5.92 Å². The molecule has 0 N–H and O–H groups in total. The van der Waals surface area contributed by atoms with E-state index in [1.165, 1.54) is 32.1 Å². The van der Waals surface area contributed by atoms with Crippen molar-refractivity contribution >= 4 is 31.8 Å². The number of hydrogen-bond donors (Lipinski definition) is 0. The molecule has 2 rings (SSSR count). The molecule has 0 spiro atoms. The van der Waals surface area contributed by atoms with Gasteiger partial charge in [0.05, 0.1) is 0 Å². The van der Waals surface area contributed by atoms with Gasteiger partial charge in [-0.25, -0.2) is 0 Å². The summed E-state index contributed by atoms with van der Waals surface area (Å²) >= 11 is -3.12. The molecule has 138 valence electrons. The molecule has 0 amide bonds. The van der Waals surface area contributed by atoms with Crippen LogP contribution in [0.5, 0.6) is 0 Å². The van der Waals surface area contributed by atoms with Crippen molar-refractivity contribution in [2.75, 3.05) is 0 Å². The van der Waals surface area contributed by atoms with Gasteiger partial charge in [-0.15, -0.1) is 24.8 Å². The molecule has 0 fully saturated rings. The van der Waals surface area contributed by atoms with Crippen molar-refractivity contribution in [1.29, 1.82) is 0 Å². The Labute approximate surface area is 164 Å². The summed E-state index contributed by atoms with van der Waals surface area (Å²) in [5.41, 5.74) is 5.29. The molecular weight excluding hydrogens is 518 g/mol. The van der Waals surface area contributed by atoms with E-state index in [9.17, 15) is 0 Å². The molecule has 0 bridgehead atoms. The first-order chi connectivity index (χ1) is 10.3. The molecule has 0 heterocycles. The zero-order valence-corrected chi connectivity index (χ0v) is 23.0. The van der Waals surface area contributed by atoms with E-state index < -0.39 is 17.1 Å². The molecule has 1 unspecified atom stereocenters. The Morgan fingerprint density at radius 1 is 1.00 bits per heavy atom. The van der Waals surface area contributed by atoms with Gasteiger partial charge < -0.3 is 0 Å². The predicted octanol–water partition coefficient (Wildman–Crippen LogP) is 6.83. The number of hydrogen-bond acceptors (Lipinski definition) is 0. The average Bonchev–Trinajstić information content (AvgIpc) is 3.11. The standard InChI is InChI=1S/C13H21.C5H5.2CH3.2ClH.Hf.H2Si/c1-5-10-9-11(6-2)13(8-4)12(10)7-3;1-2-4-5-3-1;;;;;;/h10H,5-8H2,1-4H3;1-3H,4H2;2*1H3;2*1H;;1H2. The SMILES string of the molecule is CCC1=C(CC)C(CC)[C]([Hf]([CH3])([CH3])(=[SiH2])[C]2=CC=CC2)=C1CC.Cl.Cl. The Kier molecular flexibility index (Phi) is 9.25. The molecule has 0 nitrogen and oxygen atoms in total. The minimum Gasteiger partial charge on any atom is -0.147 e. The van der Waals surface area contributed by atoms with Crippen LogP contribution in [0.25, 0.3) is 0 Å². The van der Waals surface area contributed by atoms with Gasteiger partial charge in [-0.05, 0) is 0 Å². The Morgan fingerprint density at radius 2 is 1.58 bits per heavy atom. The summed E-state index contributed by atoms with van der Waals surface area (Å²) in [7, 11) is 0. The average molecular weight is 554 g/mol. The summed E-state index contributed by atoms with van der Waals surface area (Å²) in [6.45, 7) is 12.0. The Morgan fingerprint density at radius 3 is 1.96 bits per heavy atom. The maximum absolute atomic E-state index is 3.12. The van der Waals surface area contributed by atoms with Crippen molar-refractivity contribution in [1.82, 2.24) is 0 Å². The van der Waals surface area contributed by atoms with Gasteiger partial charge in [-0.2, -0.15) is 0 Å². The van der Waals surface area contributed by atoms with Gasteiger partial charge >= 0.3 is 141 Å². The third kappa shape index (κ3) is 3.97. The van der Waals surface area contributed by atoms with Crippen molar-refractivity contribution in [3.8, 4) is 0 Å². The summed E-state index contributed by atoms with van der Waals surface area (Å²) in [5, 5.41) is 0. The van der Waals surface area contributed by atoms with Crippen LogP contribution in [0.1, 0.15) is 59.8 Å². The van der Waals surface area contributed by atoms with Crippen LogP contribution >= 0.6 is 24.8 Å². The monoisotopic (exact) mass is 554 g/mol. The molecule has 1 atom stereocenters. The van der Waals surface area contributed by atoms with Gasteiger partial charge in [0.25, 0.3) is 0 Å². The van der Waals surface area contributed by atoms with Crippen LogP contribution in [0.15, 0.2) is 41.6 Å². The van der Waals surface area contributed by atoms with E-state index in [1.807, 2.05) is 6.66 Å². The van der Waals surface area contributed by atoms with E-state index >= 15 is 0 Å². The minimum absolute atomic E-state index is 0. The van der Waals surface area contributed by atoms with Crippen molar-refractivity contribution < 1.29 is 17.1 Å². The van der Waals surface area contributed by atoms with Crippen LogP contribution in [0.4, 0.5) is 0 Å². The second-order valence-electron chi connectivity index (χ2n) is 7.93. The second-order valence-corrected chi connectivity index (χ2v) is 48.8. The van der Waals surface area contributed by atoms with E-state index in [4.69, 9.17) is 0 Å². The summed E-state index contributed by atoms with van der Waals surface area (Å²) in [6, 6.07) is 0. The van der Waals surface area contributed by atoms with Crippen LogP contribution in [-0.4, -0.2) is 6.94 Å². The third-order valence-corrected chi connectivity index (χ3v) is 30.1. The molecule has 24 heavy (non-hydrogen) atoms. The fourth-order valence-corrected chi connectivity index (χ4v) is 27.2. The van der Waals surface area contributed by atoms with Crippen molar-refractivity contribution in [2.45, 2.75) is 69.2 Å². The fraction of sp³-hybridized carbons (Fsp3) is 0.600. The smallest absolute Gasteiger partial charge is 0.147 e. The normalized spacial score (nSPS) is 21.0. The number of allylic oxidation sites excluding steroid dienone is 8. The minimum atomic E-state index is -3.12. The summed E-state index contributed by atoms with van der Waals surface area (Å²) < 4.78 is 9.16. The molecule has 0 aliphatic heterocycles. The van der Waals surface area contributed by atoms with E-state index in [-0.39, 0.29) is 24.8 Å². The fourth-order valence-electron chi connectivity index (χ4n) is 4.96. The molecule has 0 saturated heterocycles. The molecule has 0 aromatic heterocycles. The first-order valence-corrected chi connectivity index (χ1v) is 28.3. The molecule has 0 aromatic carbocycles. The topological polar surface area (TPSA) is 0 Å². The Hall–Kier alpha value is 0.627. The second kappa shape index (κ2) is 9.02. The van der Waals surface area contributed by atoms with E-state index in [0.29, 0.717) is 0 Å². The number of rotatable bonds is 6. The van der Waals surface area contributed by atoms with Gasteiger partial charge in [0.15, 0.2) is 0 Å². The summed E-state index contributed by atoms with van der Waals surface area (Å²) in [6.07, 6.45) is 13.3. The van der Waals surface area contributed by atoms with Gasteiger partial charge in [0, 0.05) is 0 Å². The molecule has 0 aromatic rings. The molecule has 4 heteroatoms. The Bertz CT molecular complexity index is 659. The van der Waals surface area contributed by atoms with Crippen LogP contribution in [0.3, 0.4) is 0 Å². The number of halogens is 2. The van der Waals surface area contributed by atoms with Crippen LogP contribution in [0, 0.1) is 5.92 Å². The molecule has 0 radical (unpaired) electrons. The summed E-state index contributed by atoms with van der Waals surface area (Å²) in [4.78, 5) is 0. The molecule has 2 aliphatic carbocycles. The van der Waals surface area contributed by atoms with E-state index in [2.05, 4.69) is 62.2 Å². The van der Waals surface area contributed by atoms with Crippen molar-refractivity contribution in [3.05, 3.63) is 41.6 Å². The van der Waals surface area contributed by atoms with E-state index in [0.717, 1.165) is 5.92 Å². The third-order valence-electron chi connectivity index (χ3n) is 6.01. The quantitative estimate of drug-likeness (QED) is 0.316. The van der Waals surface area contributed by atoms with Crippen LogP contribution in [0.2, 0.25) is 9.36 Å². The van der Waals surface area contributed by atoms with Gasteiger partial charge in [0.2, 0.25) is 0 Å². The molecular formula is C20H36Cl2HfSi. The zero-order chi connectivity index (χ0) is 16.6. The van der Waals surface area contributed by atoms with Gasteiger partial charge in [-0.1, -0.05) is 0 Å². The zero-order valence-electron chi connectivity index (χ0n) is 16.4. The van der Waals surface area contributed by atoms with Crippen LogP contribution in [-0.2, 0) is 17.1 Å². The maximum atomic E-state index is 2.70. The van der Waals surface area contributed by atoms with Gasteiger partial charge in [-0.3, -0.25) is 0 Å². The van der Waals surface area contributed by atoms with Crippen LogP contribution < -0.4 is 0 Å². The maximum Gasteiger partial charge on any atom is -0.147 e. The Balaban J connectivity index is 0.00000264. The molecule has 2 aliphatic rings. The predicted molar refractivity (Wildman–Crippen MR) is 115 cm³/mol. The summed E-state index contributed by atoms with van der Waals surface area (Å²) in [5.74, 6) is 0.749.